The number of hydrogen-bond acceptors (Lipinski definition) is 5. The van der Waals surface area contributed by atoms with Gasteiger partial charge in [-0.15, -0.1) is 0 Å². The predicted molar refractivity (Wildman–Crippen MR) is 121 cm³/mol. The number of ether oxygens (including phenoxy) is 2. The number of carbonyl (C=O) groups excluding carboxylic acids is 3. The minimum atomic E-state index is -0.451. The molecule has 1 heterocycles. The van der Waals surface area contributed by atoms with Crippen molar-refractivity contribution in [2.45, 2.75) is 45.8 Å². The lowest BCUT2D eigenvalue weighted by Gasteiger charge is -2.35. The van der Waals surface area contributed by atoms with Crippen LogP contribution in [-0.4, -0.2) is 36.0 Å². The summed E-state index contributed by atoms with van der Waals surface area (Å²) in [5.41, 5.74) is 2.96. The second-order valence-electron chi connectivity index (χ2n) is 7.93. The van der Waals surface area contributed by atoms with E-state index in [4.69, 9.17) is 21.1 Å². The molecule has 168 valence electrons. The van der Waals surface area contributed by atoms with Crippen LogP contribution in [-0.2, 0) is 25.6 Å². The van der Waals surface area contributed by atoms with Gasteiger partial charge in [0.05, 0.1) is 30.9 Å². The number of hydrogen-bond donors (Lipinski definition) is 0. The monoisotopic (exact) mass is 455 g/mol. The van der Waals surface area contributed by atoms with Crippen LogP contribution in [0.25, 0.3) is 0 Å². The van der Waals surface area contributed by atoms with Crippen LogP contribution in [0.2, 0.25) is 5.02 Å². The number of rotatable bonds is 6. The van der Waals surface area contributed by atoms with E-state index in [-0.39, 0.29) is 25.0 Å². The Labute approximate surface area is 192 Å². The number of allylic oxidation sites excluding steroid dienone is 1. The highest BCUT2D eigenvalue weighted by Crippen LogP contribution is 2.38. The molecule has 3 rings (SSSR count). The molecule has 1 aliphatic rings. The summed E-state index contributed by atoms with van der Waals surface area (Å²) in [6.45, 7) is 5.55. The summed E-state index contributed by atoms with van der Waals surface area (Å²) in [5, 5.41) is 0.579. The van der Waals surface area contributed by atoms with Crippen molar-refractivity contribution in [1.82, 2.24) is 4.90 Å². The lowest BCUT2D eigenvalue weighted by molar-refractivity contribution is -0.143. The number of methoxy groups -OCH3 is 1. The van der Waals surface area contributed by atoms with E-state index in [0.717, 1.165) is 11.1 Å². The molecule has 7 heteroatoms. The first kappa shape index (κ1) is 23.5. The number of halogens is 1. The average molecular weight is 456 g/mol. The Morgan fingerprint density at radius 3 is 2.44 bits per heavy atom. The van der Waals surface area contributed by atoms with Crippen LogP contribution in [0, 0.1) is 0 Å². The SMILES string of the molecule is COC(=O)c1cccc(CN2C(=O)C[C@H](c3ccc(Cl)cc3)C(C(=O)OC(C)C)=C2C)c1. The van der Waals surface area contributed by atoms with Crippen molar-refractivity contribution in [2.75, 3.05) is 7.11 Å². The van der Waals surface area contributed by atoms with Gasteiger partial charge in [0.25, 0.3) is 0 Å². The topological polar surface area (TPSA) is 72.9 Å². The Balaban J connectivity index is 2.01. The molecule has 0 saturated heterocycles. The van der Waals surface area contributed by atoms with E-state index in [0.29, 0.717) is 21.9 Å². The van der Waals surface area contributed by atoms with Gasteiger partial charge < -0.3 is 14.4 Å². The van der Waals surface area contributed by atoms with Gasteiger partial charge in [-0.2, -0.15) is 0 Å². The van der Waals surface area contributed by atoms with Gasteiger partial charge in [-0.1, -0.05) is 35.9 Å². The summed E-state index contributed by atoms with van der Waals surface area (Å²) in [5.74, 6) is -1.44. The van der Waals surface area contributed by atoms with Gasteiger partial charge in [0.2, 0.25) is 5.91 Å². The van der Waals surface area contributed by atoms with Crippen LogP contribution in [0.5, 0.6) is 0 Å². The second kappa shape index (κ2) is 10.0. The van der Waals surface area contributed by atoms with Gasteiger partial charge in [-0.05, 0) is 56.2 Å². The van der Waals surface area contributed by atoms with Crippen LogP contribution >= 0.6 is 11.6 Å². The van der Waals surface area contributed by atoms with Gasteiger partial charge in [-0.25, -0.2) is 9.59 Å². The van der Waals surface area contributed by atoms with E-state index >= 15 is 0 Å². The Morgan fingerprint density at radius 2 is 1.81 bits per heavy atom. The molecule has 0 unspecified atom stereocenters. The highest BCUT2D eigenvalue weighted by molar-refractivity contribution is 6.30. The molecule has 6 nitrogen and oxygen atoms in total. The number of esters is 2. The fourth-order valence-corrected chi connectivity index (χ4v) is 3.95. The maximum Gasteiger partial charge on any atom is 0.337 e. The maximum atomic E-state index is 13.1. The molecule has 2 aromatic carbocycles. The van der Waals surface area contributed by atoms with Crippen molar-refractivity contribution in [3.8, 4) is 0 Å². The zero-order valence-corrected chi connectivity index (χ0v) is 19.3. The van der Waals surface area contributed by atoms with Crippen molar-refractivity contribution in [3.05, 3.63) is 81.5 Å². The summed E-state index contributed by atoms with van der Waals surface area (Å²) in [4.78, 5) is 39.6. The second-order valence-corrected chi connectivity index (χ2v) is 8.37. The standard InChI is InChI=1S/C25H26ClNO5/c1-15(2)32-25(30)23-16(3)27(14-17-6-5-7-19(12-17)24(29)31-4)22(28)13-21(23)18-8-10-20(26)11-9-18/h5-12,15,21H,13-14H2,1-4H3/t21-/m1/s1. The Kier molecular flexibility index (Phi) is 7.36. The van der Waals surface area contributed by atoms with Crippen LogP contribution in [0.4, 0.5) is 0 Å². The van der Waals surface area contributed by atoms with E-state index in [1.54, 1.807) is 56.0 Å². The molecule has 0 fully saturated rings. The Hall–Kier alpha value is -3.12. The summed E-state index contributed by atoms with van der Waals surface area (Å²) in [6, 6.07) is 14.0. The molecule has 2 aromatic rings. The van der Waals surface area contributed by atoms with Crippen molar-refractivity contribution < 1.29 is 23.9 Å². The average Bonchev–Trinajstić information content (AvgIpc) is 2.75. The quantitative estimate of drug-likeness (QED) is 0.581. The minimum Gasteiger partial charge on any atom is -0.465 e. The molecule has 0 spiro atoms. The van der Waals surface area contributed by atoms with Gasteiger partial charge >= 0.3 is 11.9 Å². The third-order valence-electron chi connectivity index (χ3n) is 5.35. The van der Waals surface area contributed by atoms with Gasteiger partial charge in [0.15, 0.2) is 0 Å². The lowest BCUT2D eigenvalue weighted by Crippen LogP contribution is -2.38. The summed E-state index contributed by atoms with van der Waals surface area (Å²) in [6.07, 6.45) is -0.172. The molecule has 0 aromatic heterocycles. The molecule has 0 saturated carbocycles. The molecule has 0 aliphatic carbocycles. The molecular weight excluding hydrogens is 430 g/mol. The van der Waals surface area contributed by atoms with Gasteiger partial charge in [-0.3, -0.25) is 4.79 Å². The summed E-state index contributed by atoms with van der Waals surface area (Å²) < 4.78 is 10.3. The van der Waals surface area contributed by atoms with E-state index in [1.165, 1.54) is 7.11 Å². The normalized spacial score (nSPS) is 16.4. The molecule has 0 N–H and O–H groups in total. The molecule has 0 radical (unpaired) electrons. The van der Waals surface area contributed by atoms with Crippen LogP contribution in [0.3, 0.4) is 0 Å². The lowest BCUT2D eigenvalue weighted by atomic mass is 9.83. The fraction of sp³-hybridized carbons (Fsp3) is 0.320. The van der Waals surface area contributed by atoms with Gasteiger partial charge in [0.1, 0.15) is 0 Å². The molecule has 1 aliphatic heterocycles. The molecule has 0 bridgehead atoms. The van der Waals surface area contributed by atoms with Crippen molar-refractivity contribution in [1.29, 1.82) is 0 Å². The molecular formula is C25H26ClNO5. The summed E-state index contributed by atoms with van der Waals surface area (Å²) >= 11 is 6.02. The van der Waals surface area contributed by atoms with Crippen molar-refractivity contribution in [2.24, 2.45) is 0 Å². The highest BCUT2D eigenvalue weighted by atomic mass is 35.5. The van der Waals surface area contributed by atoms with E-state index in [2.05, 4.69) is 0 Å². The zero-order chi connectivity index (χ0) is 23.4. The van der Waals surface area contributed by atoms with E-state index in [9.17, 15) is 14.4 Å². The predicted octanol–water partition coefficient (Wildman–Crippen LogP) is 4.87. The van der Waals surface area contributed by atoms with Crippen LogP contribution < -0.4 is 0 Å². The Bertz CT molecular complexity index is 1060. The molecule has 1 atom stereocenters. The van der Waals surface area contributed by atoms with Crippen molar-refractivity contribution >= 4 is 29.4 Å². The molecule has 1 amide bonds. The van der Waals surface area contributed by atoms with E-state index < -0.39 is 17.9 Å². The van der Waals surface area contributed by atoms with Crippen LogP contribution in [0.1, 0.15) is 54.6 Å². The summed E-state index contributed by atoms with van der Waals surface area (Å²) in [7, 11) is 1.32. The number of carbonyl (C=O) groups is 3. The smallest absolute Gasteiger partial charge is 0.337 e. The highest BCUT2D eigenvalue weighted by Gasteiger charge is 2.37. The first-order chi connectivity index (χ1) is 15.2. The fourth-order valence-electron chi connectivity index (χ4n) is 3.82. The van der Waals surface area contributed by atoms with E-state index in [1.807, 2.05) is 18.2 Å². The number of amides is 1. The largest absolute Gasteiger partial charge is 0.465 e. The maximum absolute atomic E-state index is 13.1. The van der Waals surface area contributed by atoms with Crippen molar-refractivity contribution in [3.63, 3.8) is 0 Å². The number of benzene rings is 2. The zero-order valence-electron chi connectivity index (χ0n) is 18.6. The third-order valence-corrected chi connectivity index (χ3v) is 5.60. The first-order valence-electron chi connectivity index (χ1n) is 10.4. The van der Waals surface area contributed by atoms with Gasteiger partial charge in [0, 0.05) is 23.1 Å². The number of nitrogens with zero attached hydrogens (tertiary/aromatic N) is 1. The molecule has 32 heavy (non-hydrogen) atoms. The Morgan fingerprint density at radius 1 is 1.12 bits per heavy atom. The van der Waals surface area contributed by atoms with Crippen LogP contribution in [0.15, 0.2) is 59.8 Å². The minimum absolute atomic E-state index is 0.119. The first-order valence-corrected chi connectivity index (χ1v) is 10.7. The third kappa shape index (κ3) is 5.19.